The van der Waals surface area contributed by atoms with Gasteiger partial charge in [-0.3, -0.25) is 4.79 Å². The molecule has 4 heteroatoms. The third-order valence-corrected chi connectivity index (χ3v) is 4.81. The molecule has 2 aromatic rings. The smallest absolute Gasteiger partial charge is 0.238 e. The van der Waals surface area contributed by atoms with Crippen molar-refractivity contribution in [3.63, 3.8) is 0 Å². The summed E-state index contributed by atoms with van der Waals surface area (Å²) in [7, 11) is 1.57. The zero-order valence-electron chi connectivity index (χ0n) is 18.4. The molecule has 1 aromatic heterocycles. The first kappa shape index (κ1) is 21.7. The van der Waals surface area contributed by atoms with Crippen molar-refractivity contribution in [2.24, 2.45) is 5.41 Å². The molecule has 1 aromatic carbocycles. The first-order chi connectivity index (χ1) is 13.0. The highest BCUT2D eigenvalue weighted by molar-refractivity contribution is 6.00. The molecule has 0 unspecified atom stereocenters. The minimum Gasteiger partial charge on any atom is -0.479 e. The summed E-state index contributed by atoms with van der Waals surface area (Å²) in [4.78, 5) is 17.4. The summed E-state index contributed by atoms with van der Waals surface area (Å²) in [5.74, 6) is 0.320. The van der Waals surface area contributed by atoms with Gasteiger partial charge in [0.05, 0.1) is 7.11 Å². The summed E-state index contributed by atoms with van der Waals surface area (Å²) in [6.07, 6.45) is 0.778. The molecule has 1 N–H and O–H groups in total. The van der Waals surface area contributed by atoms with E-state index in [4.69, 9.17) is 4.74 Å². The highest BCUT2D eigenvalue weighted by atomic mass is 16.5. The molecule has 0 aliphatic carbocycles. The van der Waals surface area contributed by atoms with E-state index in [9.17, 15) is 4.79 Å². The largest absolute Gasteiger partial charge is 0.479 e. The zero-order valence-corrected chi connectivity index (χ0v) is 18.4. The van der Waals surface area contributed by atoms with Gasteiger partial charge in [0.25, 0.3) is 0 Å². The number of aromatic nitrogens is 1. The topological polar surface area (TPSA) is 51.2 Å². The lowest BCUT2D eigenvalue weighted by atomic mass is 9.89. The summed E-state index contributed by atoms with van der Waals surface area (Å²) >= 11 is 0. The van der Waals surface area contributed by atoms with Gasteiger partial charge in [0.15, 0.2) is 0 Å². The van der Waals surface area contributed by atoms with Gasteiger partial charge in [-0.1, -0.05) is 63.6 Å². The summed E-state index contributed by atoms with van der Waals surface area (Å²) in [6, 6.07) is 6.37. The van der Waals surface area contributed by atoms with Gasteiger partial charge < -0.3 is 10.1 Å². The van der Waals surface area contributed by atoms with Crippen molar-refractivity contribution in [2.75, 3.05) is 12.4 Å². The predicted octanol–water partition coefficient (Wildman–Crippen LogP) is 5.62. The van der Waals surface area contributed by atoms with Gasteiger partial charge in [0, 0.05) is 16.7 Å². The lowest BCUT2D eigenvalue weighted by molar-refractivity contribution is -0.123. The number of carbonyl (C=O) groups is 1. The summed E-state index contributed by atoms with van der Waals surface area (Å²) in [5, 5.41) is 3.06. The lowest BCUT2D eigenvalue weighted by Crippen LogP contribution is -2.28. The Hall–Kier alpha value is -2.62. The normalized spacial score (nSPS) is 11.3. The SMILES string of the molecule is C=C(c1cc(C)cc(C)c1)c1c(CC)c(C)nc(OC)c1NC(=O)C(C)(C)C. The van der Waals surface area contributed by atoms with E-state index in [1.54, 1.807) is 7.11 Å². The van der Waals surface area contributed by atoms with Gasteiger partial charge in [-0.2, -0.15) is 0 Å². The molecule has 0 bridgehead atoms. The molecule has 0 saturated heterocycles. The Balaban J connectivity index is 2.76. The quantitative estimate of drug-likeness (QED) is 0.732. The predicted molar refractivity (Wildman–Crippen MR) is 117 cm³/mol. The molecule has 1 heterocycles. The van der Waals surface area contributed by atoms with Crippen LogP contribution in [0, 0.1) is 26.2 Å². The number of hydrogen-bond donors (Lipinski definition) is 1. The molecule has 0 spiro atoms. The minimum atomic E-state index is -0.541. The molecule has 0 saturated carbocycles. The standard InChI is InChI=1S/C24H32N2O2/c1-10-19-17(5)25-22(28-9)21(26-23(27)24(6,7)8)20(19)16(4)18-12-14(2)11-15(3)13-18/h11-13H,4,10H2,1-3,5-9H3,(H,26,27). The van der Waals surface area contributed by atoms with Crippen molar-refractivity contribution in [3.05, 3.63) is 58.3 Å². The van der Waals surface area contributed by atoms with Crippen molar-refractivity contribution in [2.45, 2.75) is 54.9 Å². The van der Waals surface area contributed by atoms with E-state index in [2.05, 4.69) is 55.9 Å². The Labute approximate surface area is 169 Å². The summed E-state index contributed by atoms with van der Waals surface area (Å²) < 4.78 is 5.55. The Kier molecular flexibility index (Phi) is 6.33. The number of pyridine rings is 1. The van der Waals surface area contributed by atoms with E-state index in [-0.39, 0.29) is 5.91 Å². The second kappa shape index (κ2) is 8.17. The average molecular weight is 381 g/mol. The van der Waals surface area contributed by atoms with E-state index in [0.717, 1.165) is 34.4 Å². The summed E-state index contributed by atoms with van der Waals surface area (Å²) in [5.41, 5.74) is 7.13. The van der Waals surface area contributed by atoms with Crippen molar-refractivity contribution in [3.8, 4) is 5.88 Å². The molecule has 0 aliphatic heterocycles. The second-order valence-electron chi connectivity index (χ2n) is 8.35. The summed E-state index contributed by atoms with van der Waals surface area (Å²) in [6.45, 7) is 18.3. The maximum absolute atomic E-state index is 12.8. The van der Waals surface area contributed by atoms with Crippen LogP contribution in [0.3, 0.4) is 0 Å². The molecule has 28 heavy (non-hydrogen) atoms. The Morgan fingerprint density at radius 1 is 1.14 bits per heavy atom. The Morgan fingerprint density at radius 3 is 2.18 bits per heavy atom. The molecule has 2 rings (SSSR count). The van der Waals surface area contributed by atoms with Crippen LogP contribution in [0.1, 0.15) is 61.2 Å². The number of nitrogens with zero attached hydrogens (tertiary/aromatic N) is 1. The monoisotopic (exact) mass is 380 g/mol. The molecular formula is C24H32N2O2. The van der Waals surface area contributed by atoms with E-state index < -0.39 is 5.41 Å². The third-order valence-electron chi connectivity index (χ3n) is 4.81. The fourth-order valence-electron chi connectivity index (χ4n) is 3.34. The Morgan fingerprint density at radius 2 is 1.71 bits per heavy atom. The highest BCUT2D eigenvalue weighted by Gasteiger charge is 2.27. The van der Waals surface area contributed by atoms with Crippen LogP contribution >= 0.6 is 0 Å². The first-order valence-electron chi connectivity index (χ1n) is 9.66. The van der Waals surface area contributed by atoms with Gasteiger partial charge in [0.1, 0.15) is 5.69 Å². The van der Waals surface area contributed by atoms with Crippen molar-refractivity contribution in [1.29, 1.82) is 0 Å². The molecule has 0 atom stereocenters. The van der Waals surface area contributed by atoms with E-state index in [1.165, 1.54) is 11.1 Å². The number of anilines is 1. The molecular weight excluding hydrogens is 348 g/mol. The lowest BCUT2D eigenvalue weighted by Gasteiger charge is -2.24. The molecule has 0 radical (unpaired) electrons. The van der Waals surface area contributed by atoms with E-state index in [0.29, 0.717) is 11.6 Å². The number of methoxy groups -OCH3 is 1. The average Bonchev–Trinajstić information content (AvgIpc) is 2.59. The van der Waals surface area contributed by atoms with Gasteiger partial charge in [-0.25, -0.2) is 4.98 Å². The van der Waals surface area contributed by atoms with E-state index >= 15 is 0 Å². The van der Waals surface area contributed by atoms with Gasteiger partial charge >= 0.3 is 0 Å². The third kappa shape index (κ3) is 4.44. The molecule has 4 nitrogen and oxygen atoms in total. The molecule has 150 valence electrons. The van der Waals surface area contributed by atoms with Crippen LogP contribution in [0.4, 0.5) is 5.69 Å². The fourth-order valence-corrected chi connectivity index (χ4v) is 3.34. The number of hydrogen-bond acceptors (Lipinski definition) is 3. The molecule has 0 aliphatic rings. The Bertz CT molecular complexity index is 901. The van der Waals surface area contributed by atoms with Crippen molar-refractivity contribution >= 4 is 17.2 Å². The zero-order chi connectivity index (χ0) is 21.2. The molecule has 1 amide bonds. The first-order valence-corrected chi connectivity index (χ1v) is 9.66. The van der Waals surface area contributed by atoms with Crippen LogP contribution in [0.5, 0.6) is 5.88 Å². The second-order valence-corrected chi connectivity index (χ2v) is 8.35. The maximum atomic E-state index is 12.8. The van der Waals surface area contributed by atoms with Crippen molar-refractivity contribution in [1.82, 2.24) is 4.98 Å². The highest BCUT2D eigenvalue weighted by Crippen LogP contribution is 2.39. The van der Waals surface area contributed by atoms with Gasteiger partial charge in [0.2, 0.25) is 11.8 Å². The van der Waals surface area contributed by atoms with Crippen LogP contribution in [0.2, 0.25) is 0 Å². The van der Waals surface area contributed by atoms with Gasteiger partial charge in [-0.15, -0.1) is 0 Å². The number of nitrogens with one attached hydrogen (secondary N) is 1. The number of benzene rings is 1. The maximum Gasteiger partial charge on any atom is 0.238 e. The number of amides is 1. The minimum absolute atomic E-state index is 0.0898. The van der Waals surface area contributed by atoms with Crippen LogP contribution in [0.15, 0.2) is 24.8 Å². The number of aryl methyl sites for hydroxylation is 3. The number of carbonyl (C=O) groups excluding carboxylic acids is 1. The van der Waals surface area contributed by atoms with Crippen LogP contribution in [-0.2, 0) is 11.2 Å². The van der Waals surface area contributed by atoms with Crippen LogP contribution < -0.4 is 10.1 Å². The van der Waals surface area contributed by atoms with Crippen LogP contribution in [-0.4, -0.2) is 18.0 Å². The van der Waals surface area contributed by atoms with Crippen molar-refractivity contribution < 1.29 is 9.53 Å². The number of ether oxygens (including phenoxy) is 1. The number of rotatable bonds is 5. The van der Waals surface area contributed by atoms with Gasteiger partial charge in [-0.05, 0) is 43.9 Å². The van der Waals surface area contributed by atoms with E-state index in [1.807, 2.05) is 27.7 Å². The van der Waals surface area contributed by atoms with Crippen LogP contribution in [0.25, 0.3) is 5.57 Å². The molecule has 0 fully saturated rings. The fraction of sp³-hybridized carbons (Fsp3) is 0.417.